The number of hydrogen-bond donors (Lipinski definition) is 0. The molecule has 1 aliphatic rings. The quantitative estimate of drug-likeness (QED) is 0.664. The summed E-state index contributed by atoms with van der Waals surface area (Å²) in [4.78, 5) is 13.4. The molecule has 1 fully saturated rings. The lowest BCUT2D eigenvalue weighted by Crippen LogP contribution is -2.44. The molecule has 0 aromatic carbocycles. The number of rotatable bonds is 2. The average molecular weight is 222 g/mol. The van der Waals surface area contributed by atoms with Crippen LogP contribution in [0.4, 0.5) is 0 Å². The van der Waals surface area contributed by atoms with E-state index in [-0.39, 0.29) is 11.3 Å². The van der Waals surface area contributed by atoms with E-state index in [0.29, 0.717) is 11.7 Å². The van der Waals surface area contributed by atoms with Gasteiger partial charge in [0.2, 0.25) is 5.91 Å². The Labute approximate surface area is 89.0 Å². The van der Waals surface area contributed by atoms with Crippen LogP contribution in [-0.4, -0.2) is 41.3 Å². The Hall–Kier alpha value is 0.110. The topological polar surface area (TPSA) is 20.3 Å². The predicted molar refractivity (Wildman–Crippen MR) is 58.4 cm³/mol. The zero-order valence-corrected chi connectivity index (χ0v) is 9.70. The van der Waals surface area contributed by atoms with Crippen LogP contribution >= 0.6 is 23.4 Å². The standard InChI is InChI=1S/C9H16ClNOS/c1-7-5-11(4-3-8(7)10)9(12)6-13-2/h7-8H,3-6H2,1-2H3. The van der Waals surface area contributed by atoms with E-state index < -0.39 is 0 Å². The molecule has 1 heterocycles. The summed E-state index contributed by atoms with van der Waals surface area (Å²) >= 11 is 7.65. The first-order chi connectivity index (χ1) is 6.15. The van der Waals surface area contributed by atoms with E-state index in [1.54, 1.807) is 11.8 Å². The Morgan fingerprint density at radius 2 is 2.38 bits per heavy atom. The second-order valence-electron chi connectivity index (χ2n) is 3.55. The van der Waals surface area contributed by atoms with E-state index in [1.807, 2.05) is 11.2 Å². The third-order valence-electron chi connectivity index (χ3n) is 2.42. The molecule has 0 bridgehead atoms. The van der Waals surface area contributed by atoms with Crippen LogP contribution < -0.4 is 0 Å². The van der Waals surface area contributed by atoms with Crippen LogP contribution in [0, 0.1) is 5.92 Å². The maximum absolute atomic E-state index is 11.5. The van der Waals surface area contributed by atoms with E-state index in [4.69, 9.17) is 11.6 Å². The Morgan fingerprint density at radius 3 is 2.92 bits per heavy atom. The molecule has 0 spiro atoms. The summed E-state index contributed by atoms with van der Waals surface area (Å²) in [5, 5.41) is 0.248. The molecule has 76 valence electrons. The lowest BCUT2D eigenvalue weighted by Gasteiger charge is -2.34. The molecule has 0 saturated carbocycles. The van der Waals surface area contributed by atoms with Crippen molar-refractivity contribution in [3.63, 3.8) is 0 Å². The van der Waals surface area contributed by atoms with Crippen LogP contribution in [0.3, 0.4) is 0 Å². The number of carbonyl (C=O) groups excluding carboxylic acids is 1. The molecule has 0 N–H and O–H groups in total. The van der Waals surface area contributed by atoms with E-state index in [9.17, 15) is 4.79 Å². The van der Waals surface area contributed by atoms with Gasteiger partial charge < -0.3 is 4.90 Å². The lowest BCUT2D eigenvalue weighted by molar-refractivity contribution is -0.129. The number of carbonyl (C=O) groups is 1. The van der Waals surface area contributed by atoms with Gasteiger partial charge in [-0.2, -0.15) is 11.8 Å². The van der Waals surface area contributed by atoms with Crippen LogP contribution in [0.15, 0.2) is 0 Å². The number of thioether (sulfide) groups is 1. The molecular weight excluding hydrogens is 206 g/mol. The summed E-state index contributed by atoms with van der Waals surface area (Å²) in [5.41, 5.74) is 0. The van der Waals surface area contributed by atoms with Crippen molar-refractivity contribution in [3.8, 4) is 0 Å². The summed E-state index contributed by atoms with van der Waals surface area (Å²) in [6.07, 6.45) is 2.89. The van der Waals surface area contributed by atoms with Gasteiger partial charge in [-0.05, 0) is 18.6 Å². The van der Waals surface area contributed by atoms with Gasteiger partial charge in [0.05, 0.1) is 5.75 Å². The van der Waals surface area contributed by atoms with E-state index in [1.165, 1.54) is 0 Å². The first-order valence-electron chi connectivity index (χ1n) is 4.56. The third kappa shape index (κ3) is 3.06. The SMILES string of the molecule is CSCC(=O)N1CCC(Cl)C(C)C1. The smallest absolute Gasteiger partial charge is 0.232 e. The zero-order valence-electron chi connectivity index (χ0n) is 8.12. The average Bonchev–Trinajstić information content (AvgIpc) is 2.10. The van der Waals surface area contributed by atoms with Crippen molar-refractivity contribution in [2.75, 3.05) is 25.1 Å². The number of likely N-dealkylation sites (tertiary alicyclic amines) is 1. The van der Waals surface area contributed by atoms with E-state index in [2.05, 4.69) is 6.92 Å². The Kier molecular flexibility index (Phi) is 4.39. The second kappa shape index (κ2) is 5.11. The van der Waals surface area contributed by atoms with Gasteiger partial charge in [0, 0.05) is 18.5 Å². The van der Waals surface area contributed by atoms with E-state index >= 15 is 0 Å². The fraction of sp³-hybridized carbons (Fsp3) is 0.889. The minimum absolute atomic E-state index is 0.248. The fourth-order valence-corrected chi connectivity index (χ4v) is 2.17. The highest BCUT2D eigenvalue weighted by molar-refractivity contribution is 7.99. The molecule has 0 radical (unpaired) electrons. The summed E-state index contributed by atoms with van der Waals surface area (Å²) < 4.78 is 0. The molecule has 0 aromatic heterocycles. The molecular formula is C9H16ClNOS. The number of hydrogen-bond acceptors (Lipinski definition) is 2. The van der Waals surface area contributed by atoms with Crippen LogP contribution in [0.25, 0.3) is 0 Å². The predicted octanol–water partition coefficient (Wildman–Crippen LogP) is 1.83. The molecule has 2 unspecified atom stereocenters. The zero-order chi connectivity index (χ0) is 9.84. The molecule has 1 saturated heterocycles. The van der Waals surface area contributed by atoms with Gasteiger partial charge in [0.15, 0.2) is 0 Å². The van der Waals surface area contributed by atoms with Gasteiger partial charge in [-0.3, -0.25) is 4.79 Å². The highest BCUT2D eigenvalue weighted by Crippen LogP contribution is 2.21. The molecule has 1 aliphatic heterocycles. The normalized spacial score (nSPS) is 29.0. The van der Waals surface area contributed by atoms with Crippen molar-refractivity contribution in [2.45, 2.75) is 18.7 Å². The Bertz CT molecular complexity index is 188. The largest absolute Gasteiger partial charge is 0.342 e. The minimum Gasteiger partial charge on any atom is -0.342 e. The van der Waals surface area contributed by atoms with Gasteiger partial charge in [0.1, 0.15) is 0 Å². The van der Waals surface area contributed by atoms with Gasteiger partial charge >= 0.3 is 0 Å². The monoisotopic (exact) mass is 221 g/mol. The third-order valence-corrected chi connectivity index (χ3v) is 3.61. The molecule has 4 heteroatoms. The summed E-state index contributed by atoms with van der Waals surface area (Å²) in [5.74, 6) is 1.28. The molecule has 1 rings (SSSR count). The first kappa shape index (κ1) is 11.2. The number of nitrogens with zero attached hydrogens (tertiary/aromatic N) is 1. The van der Waals surface area contributed by atoms with Crippen molar-refractivity contribution >= 4 is 29.3 Å². The first-order valence-corrected chi connectivity index (χ1v) is 6.39. The Balaban J connectivity index is 2.40. The van der Waals surface area contributed by atoms with Crippen LogP contribution in [0.2, 0.25) is 0 Å². The molecule has 0 aliphatic carbocycles. The molecule has 13 heavy (non-hydrogen) atoms. The number of amides is 1. The molecule has 0 aromatic rings. The Morgan fingerprint density at radius 1 is 1.69 bits per heavy atom. The summed E-state index contributed by atoms with van der Waals surface area (Å²) in [6, 6.07) is 0. The van der Waals surface area contributed by atoms with Crippen molar-refractivity contribution in [2.24, 2.45) is 5.92 Å². The van der Waals surface area contributed by atoms with Crippen LogP contribution in [-0.2, 0) is 4.79 Å². The maximum Gasteiger partial charge on any atom is 0.232 e. The van der Waals surface area contributed by atoms with Gasteiger partial charge in [-0.15, -0.1) is 11.6 Å². The summed E-state index contributed by atoms with van der Waals surface area (Å²) in [7, 11) is 0. The van der Waals surface area contributed by atoms with Crippen LogP contribution in [0.1, 0.15) is 13.3 Å². The highest BCUT2D eigenvalue weighted by atomic mass is 35.5. The number of halogens is 1. The van der Waals surface area contributed by atoms with Crippen molar-refractivity contribution < 1.29 is 4.79 Å². The van der Waals surface area contributed by atoms with Crippen LogP contribution in [0.5, 0.6) is 0 Å². The van der Waals surface area contributed by atoms with Gasteiger partial charge in [0.25, 0.3) is 0 Å². The number of alkyl halides is 1. The second-order valence-corrected chi connectivity index (χ2v) is 4.98. The minimum atomic E-state index is 0.248. The fourth-order valence-electron chi connectivity index (χ4n) is 1.56. The van der Waals surface area contributed by atoms with Gasteiger partial charge in [-0.25, -0.2) is 0 Å². The highest BCUT2D eigenvalue weighted by Gasteiger charge is 2.26. The lowest BCUT2D eigenvalue weighted by atomic mass is 10.00. The molecule has 2 nitrogen and oxygen atoms in total. The van der Waals surface area contributed by atoms with Gasteiger partial charge in [-0.1, -0.05) is 6.92 Å². The number of piperidine rings is 1. The molecule has 2 atom stereocenters. The summed E-state index contributed by atoms with van der Waals surface area (Å²) in [6.45, 7) is 3.77. The van der Waals surface area contributed by atoms with E-state index in [0.717, 1.165) is 19.5 Å². The van der Waals surface area contributed by atoms with Crippen molar-refractivity contribution in [1.29, 1.82) is 0 Å². The van der Waals surface area contributed by atoms with Crippen molar-refractivity contribution in [1.82, 2.24) is 4.90 Å². The molecule has 1 amide bonds. The maximum atomic E-state index is 11.5. The van der Waals surface area contributed by atoms with Crippen molar-refractivity contribution in [3.05, 3.63) is 0 Å².